The number of ether oxygens (including phenoxy) is 1. The number of hydrogen-bond acceptors (Lipinski definition) is 3. The highest BCUT2D eigenvalue weighted by molar-refractivity contribution is 7.12. The molecule has 1 heterocycles. The third-order valence-electron chi connectivity index (χ3n) is 1.71. The van der Waals surface area contributed by atoms with Crippen molar-refractivity contribution in [1.82, 2.24) is 5.32 Å². The lowest BCUT2D eigenvalue weighted by Crippen LogP contribution is -2.26. The zero-order valence-corrected chi connectivity index (χ0v) is 9.48. The summed E-state index contributed by atoms with van der Waals surface area (Å²) in [5, 5.41) is 4.68. The fraction of sp³-hybridized carbons (Fsp3) is 0.500. The zero-order chi connectivity index (χ0) is 10.6. The molecule has 0 spiro atoms. The summed E-state index contributed by atoms with van der Waals surface area (Å²) in [4.78, 5) is 12.2. The Bertz CT molecular complexity index is 307. The summed E-state index contributed by atoms with van der Waals surface area (Å²) in [5.74, 6) is 1.19. The Labute approximate surface area is 88.1 Å². The molecule has 14 heavy (non-hydrogen) atoms. The second kappa shape index (κ2) is 5.00. The van der Waals surface area contributed by atoms with Crippen LogP contribution >= 0.6 is 11.3 Å². The van der Waals surface area contributed by atoms with Crippen LogP contribution in [0.3, 0.4) is 0 Å². The Hall–Kier alpha value is -1.03. The zero-order valence-electron chi connectivity index (χ0n) is 8.66. The van der Waals surface area contributed by atoms with Crippen LogP contribution in [0.15, 0.2) is 11.4 Å². The van der Waals surface area contributed by atoms with Gasteiger partial charge in [0.15, 0.2) is 0 Å². The first-order chi connectivity index (χ1) is 6.63. The molecule has 0 fully saturated rings. The molecule has 0 bridgehead atoms. The van der Waals surface area contributed by atoms with E-state index in [-0.39, 0.29) is 5.91 Å². The number of thiophene rings is 1. The molecule has 3 nitrogen and oxygen atoms in total. The van der Waals surface area contributed by atoms with E-state index in [0.717, 1.165) is 5.75 Å². The van der Waals surface area contributed by atoms with E-state index in [9.17, 15) is 4.79 Å². The SMILES string of the molecule is COc1csc(C(=O)NCC(C)C)c1. The molecule has 0 saturated heterocycles. The van der Waals surface area contributed by atoms with E-state index in [2.05, 4.69) is 19.2 Å². The van der Waals surface area contributed by atoms with E-state index in [1.165, 1.54) is 11.3 Å². The fourth-order valence-electron chi connectivity index (χ4n) is 0.929. The number of carbonyl (C=O) groups excluding carboxylic acids is 1. The smallest absolute Gasteiger partial charge is 0.261 e. The maximum atomic E-state index is 11.5. The molecule has 0 unspecified atom stereocenters. The quantitative estimate of drug-likeness (QED) is 0.832. The van der Waals surface area contributed by atoms with Crippen molar-refractivity contribution in [2.75, 3.05) is 13.7 Å². The first kappa shape index (κ1) is 11.0. The molecule has 0 atom stereocenters. The molecule has 0 aliphatic carbocycles. The molecule has 0 aliphatic heterocycles. The van der Waals surface area contributed by atoms with Crippen LogP contribution in [0, 0.1) is 5.92 Å². The van der Waals surface area contributed by atoms with Crippen molar-refractivity contribution in [1.29, 1.82) is 0 Å². The van der Waals surface area contributed by atoms with Gasteiger partial charge in [-0.05, 0) is 5.92 Å². The summed E-state index contributed by atoms with van der Waals surface area (Å²) in [6.45, 7) is 4.84. The van der Waals surface area contributed by atoms with Gasteiger partial charge >= 0.3 is 0 Å². The lowest BCUT2D eigenvalue weighted by Gasteiger charge is -2.05. The van der Waals surface area contributed by atoms with E-state index in [1.807, 2.05) is 5.38 Å². The van der Waals surface area contributed by atoms with Crippen molar-refractivity contribution in [3.8, 4) is 5.75 Å². The minimum Gasteiger partial charge on any atom is -0.496 e. The highest BCUT2D eigenvalue weighted by atomic mass is 32.1. The second-order valence-electron chi connectivity index (χ2n) is 3.45. The van der Waals surface area contributed by atoms with Crippen molar-refractivity contribution in [3.63, 3.8) is 0 Å². The maximum absolute atomic E-state index is 11.5. The number of hydrogen-bond donors (Lipinski definition) is 1. The monoisotopic (exact) mass is 213 g/mol. The molecule has 1 amide bonds. The molecule has 78 valence electrons. The summed E-state index contributed by atoms with van der Waals surface area (Å²) < 4.78 is 5.00. The van der Waals surface area contributed by atoms with Gasteiger partial charge in [-0.1, -0.05) is 13.8 Å². The molecule has 1 aromatic rings. The summed E-state index contributed by atoms with van der Waals surface area (Å²) in [6.07, 6.45) is 0. The molecule has 1 aromatic heterocycles. The van der Waals surface area contributed by atoms with Crippen LogP contribution in [0.2, 0.25) is 0 Å². The van der Waals surface area contributed by atoms with Gasteiger partial charge in [0, 0.05) is 18.0 Å². The standard InChI is InChI=1S/C10H15NO2S/c1-7(2)5-11-10(12)9-4-8(13-3)6-14-9/h4,6-7H,5H2,1-3H3,(H,11,12). The first-order valence-electron chi connectivity index (χ1n) is 4.54. The Kier molecular flexibility index (Phi) is 3.95. The fourth-order valence-corrected chi connectivity index (χ4v) is 1.70. The van der Waals surface area contributed by atoms with Crippen molar-refractivity contribution in [3.05, 3.63) is 16.3 Å². The Morgan fingerprint density at radius 1 is 1.64 bits per heavy atom. The van der Waals surface area contributed by atoms with Crippen LogP contribution in [-0.2, 0) is 0 Å². The van der Waals surface area contributed by atoms with Crippen LogP contribution in [0.25, 0.3) is 0 Å². The number of nitrogens with one attached hydrogen (secondary N) is 1. The summed E-state index contributed by atoms with van der Waals surface area (Å²) >= 11 is 1.40. The highest BCUT2D eigenvalue weighted by Crippen LogP contribution is 2.20. The van der Waals surface area contributed by atoms with Gasteiger partial charge in [-0.3, -0.25) is 4.79 Å². The average Bonchev–Trinajstić information content (AvgIpc) is 2.62. The average molecular weight is 213 g/mol. The molecule has 0 radical (unpaired) electrons. The predicted molar refractivity (Wildman–Crippen MR) is 58.0 cm³/mol. The van der Waals surface area contributed by atoms with Gasteiger partial charge in [-0.25, -0.2) is 0 Å². The Balaban J connectivity index is 2.52. The summed E-state index contributed by atoms with van der Waals surface area (Å²) in [5.41, 5.74) is 0. The van der Waals surface area contributed by atoms with Gasteiger partial charge in [0.25, 0.3) is 5.91 Å². The Morgan fingerprint density at radius 3 is 2.86 bits per heavy atom. The minimum atomic E-state index is -0.0213. The van der Waals surface area contributed by atoms with E-state index in [1.54, 1.807) is 13.2 Å². The van der Waals surface area contributed by atoms with Crippen LogP contribution in [0.1, 0.15) is 23.5 Å². The Morgan fingerprint density at radius 2 is 2.36 bits per heavy atom. The highest BCUT2D eigenvalue weighted by Gasteiger charge is 2.08. The molecule has 0 saturated carbocycles. The summed E-state index contributed by atoms with van der Waals surface area (Å²) in [6, 6.07) is 1.75. The topological polar surface area (TPSA) is 38.3 Å². The van der Waals surface area contributed by atoms with Crippen molar-refractivity contribution >= 4 is 17.2 Å². The molecule has 0 aliphatic rings. The molecule has 1 rings (SSSR count). The van der Waals surface area contributed by atoms with E-state index >= 15 is 0 Å². The van der Waals surface area contributed by atoms with Gasteiger partial charge < -0.3 is 10.1 Å². The molecular formula is C10H15NO2S. The van der Waals surface area contributed by atoms with E-state index < -0.39 is 0 Å². The third kappa shape index (κ3) is 3.03. The van der Waals surface area contributed by atoms with Gasteiger partial charge in [-0.15, -0.1) is 11.3 Å². The summed E-state index contributed by atoms with van der Waals surface area (Å²) in [7, 11) is 1.60. The van der Waals surface area contributed by atoms with E-state index in [0.29, 0.717) is 17.3 Å². The van der Waals surface area contributed by atoms with Gasteiger partial charge in [0.1, 0.15) is 5.75 Å². The van der Waals surface area contributed by atoms with Crippen molar-refractivity contribution < 1.29 is 9.53 Å². The van der Waals surface area contributed by atoms with Crippen LogP contribution < -0.4 is 10.1 Å². The van der Waals surface area contributed by atoms with E-state index in [4.69, 9.17) is 4.74 Å². The minimum absolute atomic E-state index is 0.0213. The molecule has 0 aromatic carbocycles. The van der Waals surface area contributed by atoms with Crippen LogP contribution in [0.4, 0.5) is 0 Å². The predicted octanol–water partition coefficient (Wildman–Crippen LogP) is 2.14. The lowest BCUT2D eigenvalue weighted by molar-refractivity contribution is 0.0953. The van der Waals surface area contributed by atoms with Crippen molar-refractivity contribution in [2.45, 2.75) is 13.8 Å². The van der Waals surface area contributed by atoms with Crippen LogP contribution in [0.5, 0.6) is 5.75 Å². The number of rotatable bonds is 4. The third-order valence-corrected chi connectivity index (χ3v) is 2.61. The second-order valence-corrected chi connectivity index (χ2v) is 4.37. The lowest BCUT2D eigenvalue weighted by atomic mass is 10.2. The molecule has 4 heteroatoms. The van der Waals surface area contributed by atoms with Gasteiger partial charge in [0.05, 0.1) is 12.0 Å². The normalized spacial score (nSPS) is 10.3. The number of methoxy groups -OCH3 is 1. The molecule has 1 N–H and O–H groups in total. The van der Waals surface area contributed by atoms with Gasteiger partial charge in [-0.2, -0.15) is 0 Å². The van der Waals surface area contributed by atoms with Crippen molar-refractivity contribution in [2.24, 2.45) is 5.92 Å². The van der Waals surface area contributed by atoms with Crippen LogP contribution in [-0.4, -0.2) is 19.6 Å². The molecular weight excluding hydrogens is 198 g/mol. The van der Waals surface area contributed by atoms with Gasteiger partial charge in [0.2, 0.25) is 0 Å². The first-order valence-corrected chi connectivity index (χ1v) is 5.42. The maximum Gasteiger partial charge on any atom is 0.261 e. The number of amides is 1. The largest absolute Gasteiger partial charge is 0.496 e. The number of carbonyl (C=O) groups is 1.